The normalized spacial score (nSPS) is 10.5. The predicted octanol–water partition coefficient (Wildman–Crippen LogP) is 1.62. The van der Waals surface area contributed by atoms with Crippen molar-refractivity contribution in [2.24, 2.45) is 0 Å². The third-order valence-electron chi connectivity index (χ3n) is 3.42. The van der Waals surface area contributed by atoms with Crippen molar-refractivity contribution >= 4 is 11.8 Å². The number of hydrogen-bond donors (Lipinski definition) is 1. The van der Waals surface area contributed by atoms with Gasteiger partial charge in [0.25, 0.3) is 0 Å². The summed E-state index contributed by atoms with van der Waals surface area (Å²) in [6, 6.07) is 11.7. The fourth-order valence-corrected chi connectivity index (χ4v) is 2.21. The van der Waals surface area contributed by atoms with Crippen LogP contribution in [0.25, 0.3) is 5.69 Å². The fraction of sp³-hybridized carbons (Fsp3) is 0.125. The molecule has 3 rings (SSSR count). The van der Waals surface area contributed by atoms with E-state index >= 15 is 0 Å². The Bertz CT molecular complexity index is 812. The van der Waals surface area contributed by atoms with E-state index in [0.717, 1.165) is 17.7 Å². The van der Waals surface area contributed by atoms with Crippen LogP contribution in [-0.2, 0) is 11.2 Å². The van der Waals surface area contributed by atoms with Crippen molar-refractivity contribution in [2.75, 3.05) is 12.8 Å². The largest absolute Gasteiger partial charge is 0.464 e. The molecule has 0 amide bonds. The molecule has 0 atom stereocenters. The van der Waals surface area contributed by atoms with Gasteiger partial charge in [0, 0.05) is 12.4 Å². The average molecular weight is 309 g/mol. The van der Waals surface area contributed by atoms with Crippen molar-refractivity contribution in [2.45, 2.75) is 6.42 Å². The lowest BCUT2D eigenvalue weighted by atomic mass is 10.1. The first-order valence-corrected chi connectivity index (χ1v) is 6.96. The van der Waals surface area contributed by atoms with Crippen molar-refractivity contribution in [1.29, 1.82) is 0 Å². The first kappa shape index (κ1) is 14.7. The van der Waals surface area contributed by atoms with Gasteiger partial charge in [-0.2, -0.15) is 4.68 Å². The minimum atomic E-state index is -0.608. The maximum absolute atomic E-state index is 11.5. The van der Waals surface area contributed by atoms with E-state index in [1.807, 2.05) is 36.4 Å². The zero-order chi connectivity index (χ0) is 16.2. The Labute approximate surface area is 132 Å². The third kappa shape index (κ3) is 3.03. The van der Waals surface area contributed by atoms with Crippen LogP contribution in [-0.4, -0.2) is 33.1 Å². The first-order valence-electron chi connectivity index (χ1n) is 6.96. The van der Waals surface area contributed by atoms with Crippen LogP contribution in [0.3, 0.4) is 0 Å². The number of carbonyl (C=O) groups is 1. The van der Waals surface area contributed by atoms with Gasteiger partial charge >= 0.3 is 5.97 Å². The summed E-state index contributed by atoms with van der Waals surface area (Å²) in [5.74, 6) is -0.457. The molecule has 0 radical (unpaired) electrons. The van der Waals surface area contributed by atoms with Gasteiger partial charge in [0.15, 0.2) is 5.82 Å². The smallest absolute Gasteiger partial charge is 0.362 e. The lowest BCUT2D eigenvalue weighted by Crippen LogP contribution is -2.07. The standard InChI is InChI=1S/C16H15N5O2/c1-23-16(22)14-15(17)21(20-19-14)13-4-2-11(3-5-13)10-12-6-8-18-9-7-12/h2-9H,10,17H2,1H3. The van der Waals surface area contributed by atoms with Gasteiger partial charge in [0.05, 0.1) is 12.8 Å². The number of nitrogens with zero attached hydrogens (tertiary/aromatic N) is 4. The van der Waals surface area contributed by atoms with Crippen molar-refractivity contribution in [3.8, 4) is 5.69 Å². The number of nitrogen functional groups attached to an aromatic ring is 1. The number of ether oxygens (including phenoxy) is 1. The third-order valence-corrected chi connectivity index (χ3v) is 3.42. The van der Waals surface area contributed by atoms with Gasteiger partial charge in [0.1, 0.15) is 0 Å². The number of methoxy groups -OCH3 is 1. The second kappa shape index (κ2) is 6.27. The Kier molecular flexibility index (Phi) is 4.01. The number of anilines is 1. The van der Waals surface area contributed by atoms with Crippen LogP contribution < -0.4 is 5.73 Å². The molecule has 1 aromatic carbocycles. The highest BCUT2D eigenvalue weighted by Gasteiger charge is 2.18. The second-order valence-electron chi connectivity index (χ2n) is 4.93. The van der Waals surface area contributed by atoms with Crippen LogP contribution in [0.4, 0.5) is 5.82 Å². The Balaban J connectivity index is 1.83. The molecule has 116 valence electrons. The molecular weight excluding hydrogens is 294 g/mol. The van der Waals surface area contributed by atoms with E-state index in [1.54, 1.807) is 12.4 Å². The summed E-state index contributed by atoms with van der Waals surface area (Å²) < 4.78 is 6.02. The highest BCUT2D eigenvalue weighted by molar-refractivity contribution is 5.92. The van der Waals surface area contributed by atoms with Crippen LogP contribution in [0.2, 0.25) is 0 Å². The molecule has 7 heteroatoms. The number of aromatic nitrogens is 4. The zero-order valence-electron chi connectivity index (χ0n) is 12.5. The highest BCUT2D eigenvalue weighted by atomic mass is 16.5. The molecule has 3 aromatic rings. The van der Waals surface area contributed by atoms with Crippen molar-refractivity contribution in [3.63, 3.8) is 0 Å². The molecule has 0 spiro atoms. The molecule has 7 nitrogen and oxygen atoms in total. The molecule has 23 heavy (non-hydrogen) atoms. The fourth-order valence-electron chi connectivity index (χ4n) is 2.21. The highest BCUT2D eigenvalue weighted by Crippen LogP contribution is 2.17. The Morgan fingerprint density at radius 1 is 1.13 bits per heavy atom. The number of nitrogens with two attached hydrogens (primary N) is 1. The molecule has 2 heterocycles. The number of carbonyl (C=O) groups excluding carboxylic acids is 1. The van der Waals surface area contributed by atoms with Gasteiger partial charge in [-0.3, -0.25) is 4.98 Å². The average Bonchev–Trinajstić information content (AvgIpc) is 2.97. The summed E-state index contributed by atoms with van der Waals surface area (Å²) in [5.41, 5.74) is 8.96. The minimum Gasteiger partial charge on any atom is -0.464 e. The molecule has 0 aliphatic carbocycles. The second-order valence-corrected chi connectivity index (χ2v) is 4.93. The molecular formula is C16H15N5O2. The van der Waals surface area contributed by atoms with Gasteiger partial charge in [-0.1, -0.05) is 17.3 Å². The Morgan fingerprint density at radius 3 is 2.43 bits per heavy atom. The number of rotatable bonds is 4. The molecule has 0 aliphatic rings. The quantitative estimate of drug-likeness (QED) is 0.736. The van der Waals surface area contributed by atoms with E-state index in [1.165, 1.54) is 17.4 Å². The predicted molar refractivity (Wildman–Crippen MR) is 84.2 cm³/mol. The van der Waals surface area contributed by atoms with Crippen LogP contribution in [0.1, 0.15) is 21.6 Å². The number of esters is 1. The van der Waals surface area contributed by atoms with Gasteiger partial charge in [-0.05, 0) is 41.8 Å². The first-order chi connectivity index (χ1) is 11.2. The van der Waals surface area contributed by atoms with E-state index in [-0.39, 0.29) is 11.5 Å². The van der Waals surface area contributed by atoms with Crippen LogP contribution in [0, 0.1) is 0 Å². The molecule has 0 saturated heterocycles. The summed E-state index contributed by atoms with van der Waals surface area (Å²) in [5, 5.41) is 7.66. The summed E-state index contributed by atoms with van der Waals surface area (Å²) in [6.07, 6.45) is 4.35. The molecule has 0 fully saturated rings. The van der Waals surface area contributed by atoms with Gasteiger partial charge in [-0.25, -0.2) is 4.79 Å². The molecule has 0 saturated carbocycles. The molecule has 2 aromatic heterocycles. The number of benzene rings is 1. The van der Waals surface area contributed by atoms with E-state index in [0.29, 0.717) is 0 Å². The van der Waals surface area contributed by atoms with Crippen molar-refractivity contribution in [1.82, 2.24) is 20.0 Å². The summed E-state index contributed by atoms with van der Waals surface area (Å²) in [7, 11) is 1.27. The van der Waals surface area contributed by atoms with Gasteiger partial charge < -0.3 is 10.5 Å². The Morgan fingerprint density at radius 2 is 1.78 bits per heavy atom. The molecule has 0 aliphatic heterocycles. The summed E-state index contributed by atoms with van der Waals surface area (Å²) in [4.78, 5) is 15.5. The SMILES string of the molecule is COC(=O)c1nnn(-c2ccc(Cc3ccncc3)cc2)c1N. The van der Waals surface area contributed by atoms with Gasteiger partial charge in [0.2, 0.25) is 5.69 Å². The Hall–Kier alpha value is -3.22. The zero-order valence-corrected chi connectivity index (χ0v) is 12.5. The van der Waals surface area contributed by atoms with Crippen molar-refractivity contribution in [3.05, 3.63) is 65.6 Å². The van der Waals surface area contributed by atoms with Crippen LogP contribution in [0.15, 0.2) is 48.8 Å². The molecule has 0 bridgehead atoms. The molecule has 2 N–H and O–H groups in total. The monoisotopic (exact) mass is 309 g/mol. The van der Waals surface area contributed by atoms with Crippen LogP contribution >= 0.6 is 0 Å². The van der Waals surface area contributed by atoms with E-state index in [4.69, 9.17) is 5.73 Å². The maximum atomic E-state index is 11.5. The van der Waals surface area contributed by atoms with Crippen LogP contribution in [0.5, 0.6) is 0 Å². The number of hydrogen-bond acceptors (Lipinski definition) is 6. The molecule has 0 unspecified atom stereocenters. The lowest BCUT2D eigenvalue weighted by Gasteiger charge is -2.05. The van der Waals surface area contributed by atoms with E-state index in [2.05, 4.69) is 20.0 Å². The number of pyridine rings is 1. The lowest BCUT2D eigenvalue weighted by molar-refractivity contribution is 0.0595. The minimum absolute atomic E-state index is 0.00774. The van der Waals surface area contributed by atoms with E-state index in [9.17, 15) is 4.79 Å². The maximum Gasteiger partial charge on any atom is 0.362 e. The topological polar surface area (TPSA) is 95.9 Å². The van der Waals surface area contributed by atoms with Crippen molar-refractivity contribution < 1.29 is 9.53 Å². The van der Waals surface area contributed by atoms with Gasteiger partial charge in [-0.15, -0.1) is 5.10 Å². The summed E-state index contributed by atoms with van der Waals surface area (Å²) in [6.45, 7) is 0. The summed E-state index contributed by atoms with van der Waals surface area (Å²) >= 11 is 0. The van der Waals surface area contributed by atoms with E-state index < -0.39 is 5.97 Å².